The van der Waals surface area contributed by atoms with E-state index >= 15 is 0 Å². The molecule has 0 atom stereocenters. The van der Waals surface area contributed by atoms with E-state index in [0.717, 1.165) is 6.61 Å². The van der Waals surface area contributed by atoms with Gasteiger partial charge in [0.25, 0.3) is 6.01 Å². The molecule has 1 aromatic heterocycles. The summed E-state index contributed by atoms with van der Waals surface area (Å²) in [6.07, 6.45) is 3.47. The average Bonchev–Trinajstić information content (AvgIpc) is 2.36. The number of imidazole rings is 1. The van der Waals surface area contributed by atoms with Crippen molar-refractivity contribution < 1.29 is 4.74 Å². The fourth-order valence-electron chi connectivity index (χ4n) is 0.784. The second-order valence-corrected chi connectivity index (χ2v) is 9.67. The maximum atomic E-state index is 5.39. The second-order valence-electron chi connectivity index (χ2n) is 4.05. The SMILES string of the molecule is C[Si](C)(C)CCOc1ncc[nH]1. The molecular weight excluding hydrogens is 168 g/mol. The number of ether oxygens (including phenoxy) is 1. The highest BCUT2D eigenvalue weighted by atomic mass is 28.3. The van der Waals surface area contributed by atoms with E-state index in [0.29, 0.717) is 6.01 Å². The van der Waals surface area contributed by atoms with Crippen LogP contribution in [0.4, 0.5) is 0 Å². The Balaban J connectivity index is 2.20. The van der Waals surface area contributed by atoms with E-state index in [1.807, 2.05) is 0 Å². The molecule has 4 heteroatoms. The van der Waals surface area contributed by atoms with Crippen molar-refractivity contribution in [2.75, 3.05) is 6.61 Å². The van der Waals surface area contributed by atoms with Gasteiger partial charge in [-0.15, -0.1) is 0 Å². The summed E-state index contributed by atoms with van der Waals surface area (Å²) in [6.45, 7) is 7.78. The fourth-order valence-corrected chi connectivity index (χ4v) is 1.50. The average molecular weight is 184 g/mol. The van der Waals surface area contributed by atoms with Crippen LogP contribution in [0, 0.1) is 0 Å². The highest BCUT2D eigenvalue weighted by molar-refractivity contribution is 6.76. The van der Waals surface area contributed by atoms with Crippen LogP contribution in [0.15, 0.2) is 12.4 Å². The van der Waals surface area contributed by atoms with Gasteiger partial charge in [0.15, 0.2) is 0 Å². The van der Waals surface area contributed by atoms with Gasteiger partial charge in [-0.25, -0.2) is 4.98 Å². The first-order valence-corrected chi connectivity index (χ1v) is 7.91. The van der Waals surface area contributed by atoms with E-state index in [2.05, 4.69) is 29.6 Å². The van der Waals surface area contributed by atoms with Crippen LogP contribution >= 0.6 is 0 Å². The molecule has 0 radical (unpaired) electrons. The van der Waals surface area contributed by atoms with E-state index in [4.69, 9.17) is 4.74 Å². The van der Waals surface area contributed by atoms with Crippen LogP contribution in [0.5, 0.6) is 6.01 Å². The van der Waals surface area contributed by atoms with Crippen molar-refractivity contribution in [3.8, 4) is 6.01 Å². The summed E-state index contributed by atoms with van der Waals surface area (Å²) in [6, 6.07) is 1.81. The van der Waals surface area contributed by atoms with E-state index in [9.17, 15) is 0 Å². The van der Waals surface area contributed by atoms with Gasteiger partial charge in [0.1, 0.15) is 0 Å². The number of aromatic nitrogens is 2. The van der Waals surface area contributed by atoms with Crippen molar-refractivity contribution in [3.63, 3.8) is 0 Å². The minimum absolute atomic E-state index is 0.633. The summed E-state index contributed by atoms with van der Waals surface area (Å²) >= 11 is 0. The zero-order valence-corrected chi connectivity index (χ0v) is 8.92. The van der Waals surface area contributed by atoms with Gasteiger partial charge in [-0.1, -0.05) is 19.6 Å². The lowest BCUT2D eigenvalue weighted by molar-refractivity contribution is 0.314. The number of aromatic amines is 1. The molecule has 0 saturated carbocycles. The number of nitrogens with one attached hydrogen (secondary N) is 1. The number of nitrogens with zero attached hydrogens (tertiary/aromatic N) is 1. The first-order chi connectivity index (χ1) is 5.58. The van der Waals surface area contributed by atoms with Gasteiger partial charge in [0.2, 0.25) is 0 Å². The van der Waals surface area contributed by atoms with Gasteiger partial charge in [-0.3, -0.25) is 0 Å². The third kappa shape index (κ3) is 3.57. The van der Waals surface area contributed by atoms with Gasteiger partial charge in [0, 0.05) is 20.5 Å². The fraction of sp³-hybridized carbons (Fsp3) is 0.625. The first kappa shape index (κ1) is 9.32. The maximum Gasteiger partial charge on any atom is 0.293 e. The molecule has 1 heterocycles. The molecule has 0 aromatic carbocycles. The molecule has 1 rings (SSSR count). The summed E-state index contributed by atoms with van der Waals surface area (Å²) in [5.41, 5.74) is 0. The Morgan fingerprint density at radius 3 is 2.75 bits per heavy atom. The van der Waals surface area contributed by atoms with Crippen molar-refractivity contribution in [1.29, 1.82) is 0 Å². The number of H-pyrrole nitrogens is 1. The highest BCUT2D eigenvalue weighted by Gasteiger charge is 2.12. The van der Waals surface area contributed by atoms with Crippen LogP contribution in [0.1, 0.15) is 0 Å². The molecule has 0 aliphatic carbocycles. The van der Waals surface area contributed by atoms with E-state index in [1.54, 1.807) is 12.4 Å². The minimum atomic E-state index is -0.957. The molecule has 0 fully saturated rings. The predicted molar refractivity (Wildman–Crippen MR) is 52.2 cm³/mol. The third-order valence-corrected chi connectivity index (χ3v) is 3.27. The lowest BCUT2D eigenvalue weighted by Gasteiger charge is -2.14. The maximum absolute atomic E-state index is 5.39. The Morgan fingerprint density at radius 2 is 2.25 bits per heavy atom. The van der Waals surface area contributed by atoms with Crippen molar-refractivity contribution in [2.24, 2.45) is 0 Å². The van der Waals surface area contributed by atoms with Gasteiger partial charge < -0.3 is 9.72 Å². The van der Waals surface area contributed by atoms with Gasteiger partial charge in [-0.05, 0) is 6.04 Å². The number of rotatable bonds is 4. The minimum Gasteiger partial charge on any atom is -0.465 e. The summed E-state index contributed by atoms with van der Waals surface area (Å²) in [5, 5.41) is 0. The van der Waals surface area contributed by atoms with Crippen molar-refractivity contribution >= 4 is 8.07 Å². The third-order valence-electron chi connectivity index (χ3n) is 1.56. The largest absolute Gasteiger partial charge is 0.465 e. The first-order valence-electron chi connectivity index (χ1n) is 4.20. The van der Waals surface area contributed by atoms with Gasteiger partial charge in [0.05, 0.1) is 6.61 Å². The van der Waals surface area contributed by atoms with Gasteiger partial charge >= 0.3 is 0 Å². The van der Waals surface area contributed by atoms with Gasteiger partial charge in [-0.2, -0.15) is 0 Å². The van der Waals surface area contributed by atoms with E-state index in [1.165, 1.54) is 6.04 Å². The Kier molecular flexibility index (Phi) is 2.92. The lowest BCUT2D eigenvalue weighted by Crippen LogP contribution is -2.22. The summed E-state index contributed by atoms with van der Waals surface area (Å²) in [4.78, 5) is 6.88. The van der Waals surface area contributed by atoms with Crippen molar-refractivity contribution in [3.05, 3.63) is 12.4 Å². The molecule has 0 spiro atoms. The predicted octanol–water partition coefficient (Wildman–Crippen LogP) is 2.13. The lowest BCUT2D eigenvalue weighted by atomic mass is 10.8. The molecule has 0 unspecified atom stereocenters. The smallest absolute Gasteiger partial charge is 0.293 e. The number of hydrogen-bond acceptors (Lipinski definition) is 2. The Labute approximate surface area is 74.2 Å². The topological polar surface area (TPSA) is 37.9 Å². The molecule has 1 aromatic rings. The number of hydrogen-bond donors (Lipinski definition) is 1. The molecule has 0 bridgehead atoms. The van der Waals surface area contributed by atoms with E-state index in [-0.39, 0.29) is 0 Å². The molecule has 12 heavy (non-hydrogen) atoms. The Hall–Kier alpha value is -0.773. The van der Waals surface area contributed by atoms with Crippen LogP contribution in [-0.2, 0) is 0 Å². The normalized spacial score (nSPS) is 11.6. The highest BCUT2D eigenvalue weighted by Crippen LogP contribution is 2.08. The standard InChI is InChI=1S/C8H16N2OSi/c1-12(2,3)7-6-11-8-9-4-5-10-8/h4-5H,6-7H2,1-3H3,(H,9,10). The summed E-state index contributed by atoms with van der Waals surface area (Å²) in [5.74, 6) is 0. The van der Waals surface area contributed by atoms with E-state index < -0.39 is 8.07 Å². The second kappa shape index (κ2) is 3.76. The molecule has 0 aliphatic rings. The molecule has 0 saturated heterocycles. The molecule has 3 nitrogen and oxygen atoms in total. The zero-order chi connectivity index (χ0) is 9.03. The molecule has 68 valence electrons. The van der Waals surface area contributed by atoms with Crippen LogP contribution in [0.2, 0.25) is 25.7 Å². The van der Waals surface area contributed by atoms with Crippen molar-refractivity contribution in [2.45, 2.75) is 25.7 Å². The van der Waals surface area contributed by atoms with Crippen LogP contribution < -0.4 is 4.74 Å². The van der Waals surface area contributed by atoms with Crippen LogP contribution in [0.25, 0.3) is 0 Å². The zero-order valence-electron chi connectivity index (χ0n) is 7.92. The monoisotopic (exact) mass is 184 g/mol. The molecule has 0 aliphatic heterocycles. The van der Waals surface area contributed by atoms with Crippen molar-refractivity contribution in [1.82, 2.24) is 9.97 Å². The van der Waals surface area contributed by atoms with Crippen LogP contribution in [-0.4, -0.2) is 24.6 Å². The van der Waals surface area contributed by atoms with Crippen LogP contribution in [0.3, 0.4) is 0 Å². The Bertz CT molecular complexity index is 215. The molecule has 0 amide bonds. The molecule has 1 N–H and O–H groups in total. The quantitative estimate of drug-likeness (QED) is 0.728. The molecular formula is C8H16N2OSi. The summed E-state index contributed by atoms with van der Waals surface area (Å²) < 4.78 is 5.39. The Morgan fingerprint density at radius 1 is 1.50 bits per heavy atom. The summed E-state index contributed by atoms with van der Waals surface area (Å²) in [7, 11) is -0.957.